The van der Waals surface area contributed by atoms with Crippen LogP contribution in [0.3, 0.4) is 0 Å². The second kappa shape index (κ2) is 8.83. The van der Waals surface area contributed by atoms with Crippen LogP contribution >= 0.6 is 0 Å². The monoisotopic (exact) mass is 411 g/mol. The van der Waals surface area contributed by atoms with Gasteiger partial charge in [-0.15, -0.1) is 0 Å². The highest BCUT2D eigenvalue weighted by molar-refractivity contribution is 6.08. The van der Waals surface area contributed by atoms with Crippen LogP contribution in [0.4, 0.5) is 0 Å². The molecule has 0 aliphatic heterocycles. The lowest BCUT2D eigenvalue weighted by Gasteiger charge is -2.05. The lowest BCUT2D eigenvalue weighted by atomic mass is 10.0. The van der Waals surface area contributed by atoms with Crippen molar-refractivity contribution in [2.75, 3.05) is 0 Å². The number of hydrogen-bond acceptors (Lipinski definition) is 2. The molecule has 0 saturated heterocycles. The second-order valence-electron chi connectivity index (χ2n) is 7.66. The zero-order chi connectivity index (χ0) is 21.8. The van der Waals surface area contributed by atoms with Gasteiger partial charge in [0.05, 0.1) is 11.2 Å². The molecule has 32 heavy (non-hydrogen) atoms. The number of pyridine rings is 1. The van der Waals surface area contributed by atoms with Crippen molar-refractivity contribution < 1.29 is 4.79 Å². The summed E-state index contributed by atoms with van der Waals surface area (Å²) >= 11 is 0. The molecule has 0 aliphatic rings. The van der Waals surface area contributed by atoms with E-state index in [9.17, 15) is 4.79 Å². The molecule has 0 unspecified atom stereocenters. The maximum Gasteiger partial charge on any atom is 0.185 e. The van der Waals surface area contributed by atoms with Crippen LogP contribution in [0.15, 0.2) is 109 Å². The van der Waals surface area contributed by atoms with Crippen molar-refractivity contribution in [3.63, 3.8) is 0 Å². The highest BCUT2D eigenvalue weighted by Gasteiger charge is 2.05. The molecule has 2 nitrogen and oxygen atoms in total. The lowest BCUT2D eigenvalue weighted by molar-refractivity contribution is 0.104. The molecular weight excluding hydrogens is 390 g/mol. The first kappa shape index (κ1) is 19.7. The summed E-state index contributed by atoms with van der Waals surface area (Å²) in [5.74, 6) is -0.0351. The molecule has 0 atom stereocenters. The predicted molar refractivity (Wildman–Crippen MR) is 134 cm³/mol. The Morgan fingerprint density at radius 3 is 2.28 bits per heavy atom. The summed E-state index contributed by atoms with van der Waals surface area (Å²) in [6, 6.07) is 34.1. The Morgan fingerprint density at radius 1 is 0.656 bits per heavy atom. The molecule has 0 spiro atoms. The Kier molecular flexibility index (Phi) is 5.42. The maximum atomic E-state index is 12.8. The van der Waals surface area contributed by atoms with Crippen molar-refractivity contribution in [1.29, 1.82) is 0 Å². The molecule has 1 heterocycles. The van der Waals surface area contributed by atoms with E-state index in [4.69, 9.17) is 4.98 Å². The first-order valence-electron chi connectivity index (χ1n) is 10.6. The minimum absolute atomic E-state index is 0.0351. The van der Waals surface area contributed by atoms with E-state index < -0.39 is 0 Å². The number of hydrogen-bond donors (Lipinski definition) is 0. The summed E-state index contributed by atoms with van der Waals surface area (Å²) in [5, 5.41) is 3.26. The lowest BCUT2D eigenvalue weighted by Crippen LogP contribution is -1.94. The van der Waals surface area contributed by atoms with Crippen molar-refractivity contribution in [2.45, 2.75) is 0 Å². The maximum absolute atomic E-state index is 12.8. The van der Waals surface area contributed by atoms with E-state index in [1.807, 2.05) is 84.9 Å². The molecule has 0 radical (unpaired) electrons. The van der Waals surface area contributed by atoms with Crippen molar-refractivity contribution in [2.24, 2.45) is 0 Å². The molecule has 1 aromatic heterocycles. The van der Waals surface area contributed by atoms with E-state index in [0.717, 1.165) is 38.5 Å². The van der Waals surface area contributed by atoms with Gasteiger partial charge in [0.1, 0.15) is 0 Å². The molecule has 0 bridgehead atoms. The van der Waals surface area contributed by atoms with Crippen LogP contribution < -0.4 is 0 Å². The highest BCUT2D eigenvalue weighted by Crippen LogP contribution is 2.22. The van der Waals surface area contributed by atoms with E-state index in [1.165, 1.54) is 0 Å². The number of aromatic nitrogens is 1. The van der Waals surface area contributed by atoms with Crippen molar-refractivity contribution in [3.05, 3.63) is 132 Å². The summed E-state index contributed by atoms with van der Waals surface area (Å²) in [6.07, 6.45) is 7.59. The number of benzene rings is 4. The zero-order valence-electron chi connectivity index (χ0n) is 17.5. The average Bonchev–Trinajstić information content (AvgIpc) is 2.86. The normalized spacial score (nSPS) is 11.6. The van der Waals surface area contributed by atoms with Gasteiger partial charge in [0.15, 0.2) is 5.78 Å². The van der Waals surface area contributed by atoms with E-state index in [2.05, 4.69) is 30.4 Å². The fourth-order valence-electron chi connectivity index (χ4n) is 3.80. The van der Waals surface area contributed by atoms with Gasteiger partial charge in [0.25, 0.3) is 0 Å². The van der Waals surface area contributed by atoms with Crippen LogP contribution in [-0.2, 0) is 0 Å². The number of nitrogens with zero attached hydrogens (tertiary/aromatic N) is 1. The fraction of sp³-hybridized carbons (Fsp3) is 0. The third-order valence-corrected chi connectivity index (χ3v) is 5.46. The SMILES string of the molecule is O=C(/C=C/c1cc(/C=C/c2ccccc2)c2ccccc2n1)c1ccc2ccccc2c1. The summed E-state index contributed by atoms with van der Waals surface area (Å²) in [4.78, 5) is 17.5. The number of allylic oxidation sites excluding steroid dienone is 1. The minimum atomic E-state index is -0.0351. The number of para-hydroxylation sites is 1. The predicted octanol–water partition coefficient (Wildman–Crippen LogP) is 7.45. The van der Waals surface area contributed by atoms with Crippen LogP contribution in [0.5, 0.6) is 0 Å². The molecule has 5 aromatic rings. The third-order valence-electron chi connectivity index (χ3n) is 5.46. The number of carbonyl (C=O) groups excluding carboxylic acids is 1. The van der Waals surface area contributed by atoms with Gasteiger partial charge in [-0.1, -0.05) is 97.1 Å². The fourth-order valence-corrected chi connectivity index (χ4v) is 3.80. The summed E-state index contributed by atoms with van der Waals surface area (Å²) < 4.78 is 0. The van der Waals surface area contributed by atoms with Gasteiger partial charge < -0.3 is 0 Å². The topological polar surface area (TPSA) is 30.0 Å². The molecule has 0 N–H and O–H groups in total. The summed E-state index contributed by atoms with van der Waals surface area (Å²) in [7, 11) is 0. The Morgan fingerprint density at radius 2 is 1.41 bits per heavy atom. The van der Waals surface area contributed by atoms with Gasteiger partial charge in [0.2, 0.25) is 0 Å². The molecule has 0 aliphatic carbocycles. The molecular formula is C30H21NO. The molecule has 4 aromatic carbocycles. The van der Waals surface area contributed by atoms with E-state index in [-0.39, 0.29) is 5.78 Å². The van der Waals surface area contributed by atoms with Gasteiger partial charge >= 0.3 is 0 Å². The summed E-state index contributed by atoms with van der Waals surface area (Å²) in [5.41, 5.74) is 4.53. The molecule has 2 heteroatoms. The molecule has 0 amide bonds. The number of rotatable bonds is 5. The summed E-state index contributed by atoms with van der Waals surface area (Å²) in [6.45, 7) is 0. The minimum Gasteiger partial charge on any atom is -0.289 e. The largest absolute Gasteiger partial charge is 0.289 e. The van der Waals surface area contributed by atoms with E-state index >= 15 is 0 Å². The molecule has 0 saturated carbocycles. The Bertz CT molecular complexity index is 1480. The average molecular weight is 412 g/mol. The van der Waals surface area contributed by atoms with E-state index in [1.54, 1.807) is 12.2 Å². The van der Waals surface area contributed by atoms with Crippen LogP contribution in [0, 0.1) is 0 Å². The first-order valence-corrected chi connectivity index (χ1v) is 10.6. The number of ketones is 1. The molecule has 0 fully saturated rings. The van der Waals surface area contributed by atoms with Crippen molar-refractivity contribution in [1.82, 2.24) is 4.98 Å². The quantitative estimate of drug-likeness (QED) is 0.222. The Balaban J connectivity index is 1.47. The highest BCUT2D eigenvalue weighted by atomic mass is 16.1. The van der Waals surface area contributed by atoms with E-state index in [0.29, 0.717) is 5.56 Å². The zero-order valence-corrected chi connectivity index (χ0v) is 17.5. The van der Waals surface area contributed by atoms with Crippen LogP contribution in [-0.4, -0.2) is 10.8 Å². The number of carbonyl (C=O) groups is 1. The third kappa shape index (κ3) is 4.26. The van der Waals surface area contributed by atoms with Crippen LogP contribution in [0.25, 0.3) is 39.9 Å². The van der Waals surface area contributed by atoms with Gasteiger partial charge in [-0.2, -0.15) is 0 Å². The first-order chi connectivity index (χ1) is 15.8. The second-order valence-corrected chi connectivity index (χ2v) is 7.66. The number of fused-ring (bicyclic) bond motifs is 2. The van der Waals surface area contributed by atoms with Gasteiger partial charge in [-0.3, -0.25) is 4.79 Å². The molecule has 152 valence electrons. The van der Waals surface area contributed by atoms with Crippen LogP contribution in [0.1, 0.15) is 27.2 Å². The van der Waals surface area contributed by atoms with Gasteiger partial charge in [0, 0.05) is 10.9 Å². The smallest absolute Gasteiger partial charge is 0.185 e. The van der Waals surface area contributed by atoms with Crippen LogP contribution in [0.2, 0.25) is 0 Å². The Labute approximate surface area is 187 Å². The van der Waals surface area contributed by atoms with Crippen molar-refractivity contribution in [3.8, 4) is 0 Å². The van der Waals surface area contributed by atoms with Gasteiger partial charge in [-0.05, 0) is 52.3 Å². The van der Waals surface area contributed by atoms with Crippen molar-refractivity contribution >= 4 is 45.7 Å². The van der Waals surface area contributed by atoms with Gasteiger partial charge in [-0.25, -0.2) is 4.98 Å². The standard InChI is InChI=1S/C30H21NO/c32-30(26-17-16-23-10-4-5-11-24(23)20-26)19-18-27-21-25(15-14-22-8-2-1-3-9-22)28-12-6-7-13-29(28)31-27/h1-21H/b15-14+,19-18+. The Hall–Kier alpha value is -4.30. The molecule has 5 rings (SSSR count).